The minimum Gasteiger partial charge on any atom is -0.356 e. The topological polar surface area (TPSA) is 42.9 Å². The Balaban J connectivity index is 0.00000312. The van der Waals surface area contributed by atoms with Gasteiger partial charge >= 0.3 is 0 Å². The third-order valence-corrected chi connectivity index (χ3v) is 5.33. The summed E-state index contributed by atoms with van der Waals surface area (Å²) >= 11 is 0. The minimum absolute atomic E-state index is 0. The maximum absolute atomic E-state index is 4.42. The van der Waals surface area contributed by atoms with Crippen LogP contribution in [0.15, 0.2) is 4.99 Å². The molecule has 2 aliphatic rings. The Hall–Kier alpha value is -0.0800. The van der Waals surface area contributed by atoms with Crippen LogP contribution in [0.25, 0.3) is 0 Å². The molecule has 0 bridgehead atoms. The van der Waals surface area contributed by atoms with E-state index in [9.17, 15) is 0 Å². The van der Waals surface area contributed by atoms with Gasteiger partial charge < -0.3 is 20.4 Å². The second kappa shape index (κ2) is 13.1. The van der Waals surface area contributed by atoms with Crippen LogP contribution < -0.4 is 10.6 Å². The third-order valence-electron chi connectivity index (χ3n) is 5.33. The van der Waals surface area contributed by atoms with Gasteiger partial charge in [0.1, 0.15) is 0 Å². The number of hydrogen-bond donors (Lipinski definition) is 2. The van der Waals surface area contributed by atoms with Crippen LogP contribution in [0.5, 0.6) is 0 Å². The molecule has 5 nitrogen and oxygen atoms in total. The van der Waals surface area contributed by atoms with Crippen LogP contribution in [0.1, 0.15) is 52.4 Å². The van der Waals surface area contributed by atoms with Gasteiger partial charge in [-0.1, -0.05) is 20.3 Å². The van der Waals surface area contributed by atoms with Crippen molar-refractivity contribution in [1.29, 1.82) is 0 Å². The van der Waals surface area contributed by atoms with Gasteiger partial charge in [0.05, 0.1) is 0 Å². The fourth-order valence-electron chi connectivity index (χ4n) is 3.92. The lowest BCUT2D eigenvalue weighted by atomic mass is 10.1. The highest BCUT2D eigenvalue weighted by molar-refractivity contribution is 14.0. The molecular formula is C19H40IN5. The number of likely N-dealkylation sites (tertiary alicyclic amines) is 2. The number of halogens is 1. The number of guanidine groups is 1. The summed E-state index contributed by atoms with van der Waals surface area (Å²) in [4.78, 5) is 9.62. The van der Waals surface area contributed by atoms with Crippen molar-refractivity contribution in [2.24, 2.45) is 10.9 Å². The van der Waals surface area contributed by atoms with Crippen molar-refractivity contribution in [3.8, 4) is 0 Å². The summed E-state index contributed by atoms with van der Waals surface area (Å²) in [6.45, 7) is 13.1. The predicted octanol–water partition coefficient (Wildman–Crippen LogP) is 2.77. The summed E-state index contributed by atoms with van der Waals surface area (Å²) in [5.41, 5.74) is 0. The van der Waals surface area contributed by atoms with Crippen LogP contribution in [-0.2, 0) is 0 Å². The maximum Gasteiger partial charge on any atom is 0.191 e. The Morgan fingerprint density at radius 3 is 2.36 bits per heavy atom. The summed E-state index contributed by atoms with van der Waals surface area (Å²) in [6.07, 6.45) is 7.88. The molecule has 6 heteroatoms. The summed E-state index contributed by atoms with van der Waals surface area (Å²) in [6, 6.07) is 0.571. The average molecular weight is 465 g/mol. The van der Waals surface area contributed by atoms with E-state index in [1.54, 1.807) is 0 Å². The van der Waals surface area contributed by atoms with E-state index in [0.29, 0.717) is 12.0 Å². The van der Waals surface area contributed by atoms with Crippen LogP contribution in [-0.4, -0.2) is 74.7 Å². The van der Waals surface area contributed by atoms with Crippen LogP contribution in [0.4, 0.5) is 0 Å². The molecule has 25 heavy (non-hydrogen) atoms. The van der Waals surface area contributed by atoms with Crippen molar-refractivity contribution < 1.29 is 0 Å². The second-order valence-corrected chi connectivity index (χ2v) is 7.68. The number of aliphatic imine (C=N–C) groups is 1. The quantitative estimate of drug-likeness (QED) is 0.345. The molecule has 2 N–H and O–H groups in total. The number of hydrogen-bond acceptors (Lipinski definition) is 3. The number of nitrogens with zero attached hydrogens (tertiary/aromatic N) is 3. The molecule has 0 saturated carbocycles. The molecule has 2 saturated heterocycles. The van der Waals surface area contributed by atoms with E-state index in [4.69, 9.17) is 0 Å². The second-order valence-electron chi connectivity index (χ2n) is 7.68. The summed E-state index contributed by atoms with van der Waals surface area (Å²) in [5.74, 6) is 1.64. The first-order valence-electron chi connectivity index (χ1n) is 10.1. The molecule has 0 aromatic rings. The van der Waals surface area contributed by atoms with Gasteiger partial charge in [0.2, 0.25) is 0 Å². The Morgan fingerprint density at radius 2 is 1.76 bits per heavy atom. The first-order valence-corrected chi connectivity index (χ1v) is 10.1. The number of nitrogens with one attached hydrogen (secondary N) is 2. The lowest BCUT2D eigenvalue weighted by Gasteiger charge is -2.33. The van der Waals surface area contributed by atoms with E-state index in [1.165, 1.54) is 77.8 Å². The molecule has 0 radical (unpaired) electrons. The van der Waals surface area contributed by atoms with E-state index in [-0.39, 0.29) is 24.0 Å². The van der Waals surface area contributed by atoms with Crippen molar-refractivity contribution in [3.63, 3.8) is 0 Å². The SMILES string of the molecule is CCCN1CCC(NC(=NC)NCC(C)CN2CCCCC2)CC1.I. The molecule has 2 heterocycles. The first-order chi connectivity index (χ1) is 11.7. The molecule has 0 aromatic heterocycles. The van der Waals surface area contributed by atoms with Gasteiger partial charge in [-0.15, -0.1) is 24.0 Å². The van der Waals surface area contributed by atoms with Crippen LogP contribution in [0.2, 0.25) is 0 Å². The molecule has 2 aliphatic heterocycles. The zero-order valence-corrected chi connectivity index (χ0v) is 18.9. The molecule has 0 amide bonds. The van der Waals surface area contributed by atoms with E-state index in [0.717, 1.165) is 12.5 Å². The van der Waals surface area contributed by atoms with Gasteiger partial charge in [-0.2, -0.15) is 0 Å². The molecule has 2 fully saturated rings. The number of rotatable bonds is 7. The van der Waals surface area contributed by atoms with Gasteiger partial charge in [0, 0.05) is 39.3 Å². The zero-order chi connectivity index (χ0) is 17.2. The van der Waals surface area contributed by atoms with Gasteiger partial charge in [-0.05, 0) is 57.7 Å². The normalized spacial score (nSPS) is 22.3. The largest absolute Gasteiger partial charge is 0.356 e. The molecule has 1 atom stereocenters. The molecule has 148 valence electrons. The lowest BCUT2D eigenvalue weighted by molar-refractivity contribution is 0.200. The lowest BCUT2D eigenvalue weighted by Crippen LogP contribution is -2.49. The average Bonchev–Trinajstić information content (AvgIpc) is 2.61. The molecule has 0 aromatic carbocycles. The summed E-state index contributed by atoms with van der Waals surface area (Å²) < 4.78 is 0. The molecule has 0 spiro atoms. The highest BCUT2D eigenvalue weighted by Gasteiger charge is 2.19. The summed E-state index contributed by atoms with van der Waals surface area (Å²) in [5, 5.41) is 7.17. The van der Waals surface area contributed by atoms with Crippen molar-refractivity contribution >= 4 is 29.9 Å². The fraction of sp³-hybridized carbons (Fsp3) is 0.947. The van der Waals surface area contributed by atoms with E-state index in [1.807, 2.05) is 7.05 Å². The van der Waals surface area contributed by atoms with E-state index < -0.39 is 0 Å². The van der Waals surface area contributed by atoms with Gasteiger partial charge in [-0.3, -0.25) is 4.99 Å². The Bertz CT molecular complexity index is 363. The van der Waals surface area contributed by atoms with Crippen LogP contribution in [0, 0.1) is 5.92 Å². The van der Waals surface area contributed by atoms with Gasteiger partial charge in [-0.25, -0.2) is 0 Å². The van der Waals surface area contributed by atoms with E-state index >= 15 is 0 Å². The van der Waals surface area contributed by atoms with Crippen LogP contribution in [0.3, 0.4) is 0 Å². The van der Waals surface area contributed by atoms with E-state index in [2.05, 4.69) is 39.3 Å². The van der Waals surface area contributed by atoms with Crippen molar-refractivity contribution in [1.82, 2.24) is 20.4 Å². The Morgan fingerprint density at radius 1 is 1.08 bits per heavy atom. The molecule has 2 rings (SSSR count). The monoisotopic (exact) mass is 465 g/mol. The predicted molar refractivity (Wildman–Crippen MR) is 119 cm³/mol. The highest BCUT2D eigenvalue weighted by Crippen LogP contribution is 2.11. The Kier molecular flexibility index (Phi) is 12.1. The zero-order valence-electron chi connectivity index (χ0n) is 16.6. The summed E-state index contributed by atoms with van der Waals surface area (Å²) in [7, 11) is 1.89. The maximum atomic E-state index is 4.42. The van der Waals surface area contributed by atoms with Crippen LogP contribution >= 0.6 is 24.0 Å². The molecule has 0 aliphatic carbocycles. The number of piperidine rings is 2. The van der Waals surface area contributed by atoms with Gasteiger partial charge in [0.25, 0.3) is 0 Å². The standard InChI is InChI=1S/C19H39N5.HI/c1-4-10-23-13-8-18(9-14-23)22-19(20-3)21-15-17(2)16-24-11-6-5-7-12-24;/h17-18H,4-16H2,1-3H3,(H2,20,21,22);1H. The Labute approximate surface area is 172 Å². The smallest absolute Gasteiger partial charge is 0.191 e. The molecule has 1 unspecified atom stereocenters. The van der Waals surface area contributed by atoms with Crippen molar-refractivity contribution in [2.75, 3.05) is 52.9 Å². The third kappa shape index (κ3) is 8.91. The fourth-order valence-corrected chi connectivity index (χ4v) is 3.92. The van der Waals surface area contributed by atoms with Crippen molar-refractivity contribution in [3.05, 3.63) is 0 Å². The minimum atomic E-state index is 0. The first kappa shape index (κ1) is 23.0. The van der Waals surface area contributed by atoms with Crippen molar-refractivity contribution in [2.45, 2.75) is 58.4 Å². The molecular weight excluding hydrogens is 425 g/mol. The highest BCUT2D eigenvalue weighted by atomic mass is 127. The van der Waals surface area contributed by atoms with Gasteiger partial charge in [0.15, 0.2) is 5.96 Å².